The Hall–Kier alpha value is -1.03. The normalized spacial score (nSPS) is 37.5. The molecule has 4 heteroatoms. The quantitative estimate of drug-likeness (QED) is 0.774. The van der Waals surface area contributed by atoms with Crippen LogP contribution in [0.4, 0.5) is 4.79 Å². The van der Waals surface area contributed by atoms with Gasteiger partial charge in [0.2, 0.25) is 0 Å². The number of carbonyl (C=O) groups excluding carboxylic acids is 1. The first-order valence-electron chi connectivity index (χ1n) is 7.01. The number of nitrogens with zero attached hydrogens (tertiary/aromatic N) is 1. The molecular formula is C14H22N2O2. The van der Waals surface area contributed by atoms with E-state index < -0.39 is 0 Å². The summed E-state index contributed by atoms with van der Waals surface area (Å²) < 4.78 is 4.75. The topological polar surface area (TPSA) is 41.6 Å². The van der Waals surface area contributed by atoms with Crippen molar-refractivity contribution in [1.82, 2.24) is 10.2 Å². The molecule has 4 nitrogen and oxygen atoms in total. The third-order valence-corrected chi connectivity index (χ3v) is 4.71. The fraction of sp³-hybridized carbons (Fsp3) is 0.786. The Bertz CT molecular complexity index is 356. The Morgan fingerprint density at radius 1 is 1.44 bits per heavy atom. The van der Waals surface area contributed by atoms with Crippen LogP contribution in [0.15, 0.2) is 12.2 Å². The fourth-order valence-corrected chi connectivity index (χ4v) is 3.67. The van der Waals surface area contributed by atoms with E-state index in [9.17, 15) is 4.79 Å². The Morgan fingerprint density at radius 2 is 2.33 bits per heavy atom. The Kier molecular flexibility index (Phi) is 3.29. The number of methoxy groups -OCH3 is 1. The molecule has 1 aliphatic heterocycles. The zero-order valence-electron chi connectivity index (χ0n) is 11.0. The average Bonchev–Trinajstić information content (AvgIpc) is 3.10. The van der Waals surface area contributed by atoms with Crippen LogP contribution in [-0.4, -0.2) is 43.8 Å². The molecule has 0 aromatic carbocycles. The van der Waals surface area contributed by atoms with Crippen molar-refractivity contribution < 1.29 is 9.53 Å². The maximum atomic E-state index is 11.4. The third-order valence-electron chi connectivity index (χ3n) is 4.71. The van der Waals surface area contributed by atoms with Gasteiger partial charge in [-0.1, -0.05) is 12.2 Å². The first kappa shape index (κ1) is 12.0. The minimum atomic E-state index is -0.192. The molecule has 2 bridgehead atoms. The highest BCUT2D eigenvalue weighted by Crippen LogP contribution is 2.43. The lowest BCUT2D eigenvalue weighted by atomic mass is 9.93. The van der Waals surface area contributed by atoms with Gasteiger partial charge in [0.05, 0.1) is 7.11 Å². The van der Waals surface area contributed by atoms with Crippen LogP contribution in [0.25, 0.3) is 0 Å². The van der Waals surface area contributed by atoms with Crippen LogP contribution in [0.2, 0.25) is 0 Å². The number of carbonyl (C=O) groups is 1. The van der Waals surface area contributed by atoms with Crippen LogP contribution >= 0.6 is 0 Å². The van der Waals surface area contributed by atoms with E-state index in [0.29, 0.717) is 6.04 Å². The molecule has 4 atom stereocenters. The molecule has 0 aromatic rings. The Labute approximate surface area is 108 Å². The summed E-state index contributed by atoms with van der Waals surface area (Å²) in [6.07, 6.45) is 8.35. The summed E-state index contributed by atoms with van der Waals surface area (Å²) in [4.78, 5) is 13.2. The van der Waals surface area contributed by atoms with E-state index in [0.717, 1.165) is 43.8 Å². The molecule has 1 N–H and O–H groups in total. The SMILES string of the molecule is COC(=O)N1CC[C@@H](NC[C@H]2C[C@H]3C=C[C@H]2C3)C1. The van der Waals surface area contributed by atoms with Crippen LogP contribution < -0.4 is 5.32 Å². The van der Waals surface area contributed by atoms with E-state index in [-0.39, 0.29) is 6.09 Å². The van der Waals surface area contributed by atoms with Gasteiger partial charge in [0.25, 0.3) is 0 Å². The zero-order chi connectivity index (χ0) is 12.5. The smallest absolute Gasteiger partial charge is 0.409 e. The molecular weight excluding hydrogens is 228 g/mol. The van der Waals surface area contributed by atoms with Crippen molar-refractivity contribution in [3.8, 4) is 0 Å². The van der Waals surface area contributed by atoms with Crippen molar-refractivity contribution in [1.29, 1.82) is 0 Å². The molecule has 0 aromatic heterocycles. The molecule has 1 saturated carbocycles. The van der Waals surface area contributed by atoms with Gasteiger partial charge in [0.1, 0.15) is 0 Å². The van der Waals surface area contributed by atoms with Crippen molar-refractivity contribution >= 4 is 6.09 Å². The van der Waals surface area contributed by atoms with Crippen LogP contribution in [0, 0.1) is 17.8 Å². The van der Waals surface area contributed by atoms with E-state index in [1.165, 1.54) is 20.0 Å². The van der Waals surface area contributed by atoms with Crippen molar-refractivity contribution in [2.75, 3.05) is 26.7 Å². The molecule has 0 spiro atoms. The van der Waals surface area contributed by atoms with Crippen LogP contribution in [0.5, 0.6) is 0 Å². The van der Waals surface area contributed by atoms with Gasteiger partial charge in [-0.15, -0.1) is 0 Å². The largest absolute Gasteiger partial charge is 0.453 e. The van der Waals surface area contributed by atoms with Gasteiger partial charge in [-0.05, 0) is 43.6 Å². The summed E-state index contributed by atoms with van der Waals surface area (Å²) in [6, 6.07) is 0.451. The number of rotatable bonds is 3. The molecule has 18 heavy (non-hydrogen) atoms. The summed E-state index contributed by atoms with van der Waals surface area (Å²) in [5.74, 6) is 2.46. The van der Waals surface area contributed by atoms with Crippen LogP contribution in [-0.2, 0) is 4.74 Å². The van der Waals surface area contributed by atoms with Gasteiger partial charge in [0.15, 0.2) is 0 Å². The van der Waals surface area contributed by atoms with Crippen molar-refractivity contribution in [3.63, 3.8) is 0 Å². The summed E-state index contributed by atoms with van der Waals surface area (Å²) in [7, 11) is 1.45. The second-order valence-electron chi connectivity index (χ2n) is 5.85. The number of hydrogen-bond donors (Lipinski definition) is 1. The number of likely N-dealkylation sites (tertiary alicyclic amines) is 1. The molecule has 2 aliphatic carbocycles. The van der Waals surface area contributed by atoms with E-state index in [4.69, 9.17) is 4.74 Å². The lowest BCUT2D eigenvalue weighted by molar-refractivity contribution is 0.132. The number of nitrogens with one attached hydrogen (secondary N) is 1. The Balaban J connectivity index is 1.42. The van der Waals surface area contributed by atoms with Gasteiger partial charge in [-0.2, -0.15) is 0 Å². The van der Waals surface area contributed by atoms with Gasteiger partial charge in [-0.3, -0.25) is 0 Å². The maximum absolute atomic E-state index is 11.4. The molecule has 100 valence electrons. The summed E-state index contributed by atoms with van der Waals surface area (Å²) >= 11 is 0. The molecule has 1 amide bonds. The second-order valence-corrected chi connectivity index (χ2v) is 5.85. The highest BCUT2D eigenvalue weighted by atomic mass is 16.5. The number of ether oxygens (including phenoxy) is 1. The minimum absolute atomic E-state index is 0.192. The highest BCUT2D eigenvalue weighted by molar-refractivity contribution is 5.67. The summed E-state index contributed by atoms with van der Waals surface area (Å²) in [6.45, 7) is 2.72. The number of allylic oxidation sites excluding steroid dienone is 2. The lowest BCUT2D eigenvalue weighted by Crippen LogP contribution is -2.38. The monoisotopic (exact) mass is 250 g/mol. The number of amides is 1. The van der Waals surface area contributed by atoms with Crippen molar-refractivity contribution in [3.05, 3.63) is 12.2 Å². The average molecular weight is 250 g/mol. The standard InChI is InChI=1S/C14H22N2O2/c1-18-14(17)16-5-4-13(9-16)15-8-12-7-10-2-3-11(12)6-10/h2-3,10-13,15H,4-9H2,1H3/t10-,11-,12+,13+/m0/s1. The highest BCUT2D eigenvalue weighted by Gasteiger charge is 2.36. The van der Waals surface area contributed by atoms with Gasteiger partial charge in [0, 0.05) is 19.1 Å². The molecule has 0 unspecified atom stereocenters. The number of hydrogen-bond acceptors (Lipinski definition) is 3. The summed E-state index contributed by atoms with van der Waals surface area (Å²) in [5, 5.41) is 3.63. The van der Waals surface area contributed by atoms with Gasteiger partial charge >= 0.3 is 6.09 Å². The maximum Gasteiger partial charge on any atom is 0.409 e. The van der Waals surface area contributed by atoms with Crippen molar-refractivity contribution in [2.45, 2.75) is 25.3 Å². The predicted molar refractivity (Wildman–Crippen MR) is 69.2 cm³/mol. The zero-order valence-corrected chi connectivity index (χ0v) is 11.0. The van der Waals surface area contributed by atoms with E-state index in [1.54, 1.807) is 4.90 Å². The fourth-order valence-electron chi connectivity index (χ4n) is 3.67. The first-order chi connectivity index (χ1) is 8.76. The molecule has 1 heterocycles. The van der Waals surface area contributed by atoms with Crippen LogP contribution in [0.3, 0.4) is 0 Å². The van der Waals surface area contributed by atoms with E-state index in [2.05, 4.69) is 17.5 Å². The molecule has 2 fully saturated rings. The van der Waals surface area contributed by atoms with E-state index >= 15 is 0 Å². The van der Waals surface area contributed by atoms with Crippen LogP contribution in [0.1, 0.15) is 19.3 Å². The minimum Gasteiger partial charge on any atom is -0.453 e. The second kappa shape index (κ2) is 4.92. The third kappa shape index (κ3) is 2.26. The molecule has 1 saturated heterocycles. The van der Waals surface area contributed by atoms with Crippen molar-refractivity contribution in [2.24, 2.45) is 17.8 Å². The van der Waals surface area contributed by atoms with E-state index in [1.807, 2.05) is 0 Å². The van der Waals surface area contributed by atoms with Gasteiger partial charge in [-0.25, -0.2) is 4.79 Å². The lowest BCUT2D eigenvalue weighted by Gasteiger charge is -2.21. The van der Waals surface area contributed by atoms with Gasteiger partial charge < -0.3 is 15.0 Å². The summed E-state index contributed by atoms with van der Waals surface area (Å²) in [5.41, 5.74) is 0. The molecule has 0 radical (unpaired) electrons. The number of fused-ring (bicyclic) bond motifs is 2. The molecule has 3 rings (SSSR count). The first-order valence-corrected chi connectivity index (χ1v) is 7.01. The Morgan fingerprint density at radius 3 is 3.00 bits per heavy atom. The predicted octanol–water partition coefficient (Wildman–Crippen LogP) is 1.63. The molecule has 3 aliphatic rings.